The molecule has 0 bridgehead atoms. The standard InChI is InChI=1S/C31H30I2O2/c1-3-19-34-29-17-15-25(21-27(29)32)31(23-11-7-5-8-12-23,24-13-9-6-10-14-24)26-16-18-30(28(33)22-26)35-20-4-2/h5-18,21-22H,3-4,19-20H2,1-2H3. The Bertz CT molecular complexity index is 1140. The molecule has 0 radical (unpaired) electrons. The van der Waals surface area contributed by atoms with E-state index in [9.17, 15) is 0 Å². The molecule has 0 atom stereocenters. The molecule has 0 spiro atoms. The SMILES string of the molecule is CCCOc1ccc(C(c2ccccc2)(c2ccccc2)c2ccc(OCCC)c(I)c2)cc1I. The normalized spacial score (nSPS) is 11.3. The molecule has 0 aliphatic carbocycles. The van der Waals surface area contributed by atoms with Crippen LogP contribution in [0.25, 0.3) is 0 Å². The minimum absolute atomic E-state index is 0.491. The van der Waals surface area contributed by atoms with Gasteiger partial charge in [-0.15, -0.1) is 0 Å². The van der Waals surface area contributed by atoms with Crippen molar-refractivity contribution >= 4 is 45.2 Å². The van der Waals surface area contributed by atoms with E-state index in [1.54, 1.807) is 0 Å². The lowest BCUT2D eigenvalue weighted by Crippen LogP contribution is -2.31. The molecule has 0 aromatic heterocycles. The summed E-state index contributed by atoms with van der Waals surface area (Å²) in [6.07, 6.45) is 1.97. The average Bonchev–Trinajstić information content (AvgIpc) is 2.89. The van der Waals surface area contributed by atoms with Crippen LogP contribution in [0.5, 0.6) is 11.5 Å². The van der Waals surface area contributed by atoms with Crippen LogP contribution in [0, 0.1) is 7.14 Å². The minimum atomic E-state index is -0.491. The molecule has 0 amide bonds. The van der Waals surface area contributed by atoms with Crippen LogP contribution in [0.15, 0.2) is 97.1 Å². The summed E-state index contributed by atoms with van der Waals surface area (Å²) in [5.74, 6) is 1.87. The molecule has 180 valence electrons. The molecule has 2 nitrogen and oxygen atoms in total. The molecule has 0 N–H and O–H groups in total. The quantitative estimate of drug-likeness (QED) is 0.123. The van der Waals surface area contributed by atoms with Crippen molar-refractivity contribution in [1.82, 2.24) is 0 Å². The number of ether oxygens (including phenoxy) is 2. The van der Waals surface area contributed by atoms with Gasteiger partial charge in [0, 0.05) is 0 Å². The molecule has 4 aromatic carbocycles. The summed E-state index contributed by atoms with van der Waals surface area (Å²) < 4.78 is 14.3. The van der Waals surface area contributed by atoms with Crippen LogP contribution in [-0.2, 0) is 5.41 Å². The minimum Gasteiger partial charge on any atom is -0.492 e. The van der Waals surface area contributed by atoms with Crippen LogP contribution in [0.4, 0.5) is 0 Å². The fourth-order valence-corrected chi connectivity index (χ4v) is 5.84. The molecule has 0 unspecified atom stereocenters. The van der Waals surface area contributed by atoms with Crippen molar-refractivity contribution in [2.75, 3.05) is 13.2 Å². The molecule has 35 heavy (non-hydrogen) atoms. The van der Waals surface area contributed by atoms with Crippen molar-refractivity contribution < 1.29 is 9.47 Å². The van der Waals surface area contributed by atoms with Gasteiger partial charge in [-0.1, -0.05) is 86.6 Å². The van der Waals surface area contributed by atoms with Gasteiger partial charge in [0.2, 0.25) is 0 Å². The summed E-state index contributed by atoms with van der Waals surface area (Å²) in [6.45, 7) is 5.70. The maximum absolute atomic E-state index is 6.02. The number of hydrogen-bond acceptors (Lipinski definition) is 2. The van der Waals surface area contributed by atoms with Crippen LogP contribution in [-0.4, -0.2) is 13.2 Å². The molecule has 0 aliphatic heterocycles. The van der Waals surface area contributed by atoms with Gasteiger partial charge in [-0.2, -0.15) is 0 Å². The Hall–Kier alpha value is -2.06. The Balaban J connectivity index is 2.00. The number of halogens is 2. The zero-order valence-electron chi connectivity index (χ0n) is 20.1. The van der Waals surface area contributed by atoms with Gasteiger partial charge in [-0.3, -0.25) is 0 Å². The first-order valence-electron chi connectivity index (χ1n) is 12.1. The van der Waals surface area contributed by atoms with E-state index in [1.807, 2.05) is 0 Å². The summed E-state index contributed by atoms with van der Waals surface area (Å²) in [5, 5.41) is 0. The second-order valence-corrected chi connectivity index (χ2v) is 10.8. The highest BCUT2D eigenvalue weighted by molar-refractivity contribution is 14.1. The molecule has 4 heteroatoms. The van der Waals surface area contributed by atoms with Gasteiger partial charge < -0.3 is 9.47 Å². The maximum Gasteiger partial charge on any atom is 0.132 e. The third kappa shape index (κ3) is 5.53. The number of rotatable bonds is 10. The van der Waals surface area contributed by atoms with Crippen LogP contribution in [0.3, 0.4) is 0 Å². The smallest absolute Gasteiger partial charge is 0.132 e. The second-order valence-electron chi connectivity index (χ2n) is 8.47. The maximum atomic E-state index is 6.02. The topological polar surface area (TPSA) is 18.5 Å². The first-order valence-corrected chi connectivity index (χ1v) is 14.2. The van der Waals surface area contributed by atoms with Crippen molar-refractivity contribution in [3.63, 3.8) is 0 Å². The summed E-state index contributed by atoms with van der Waals surface area (Å²) in [4.78, 5) is 0. The zero-order chi connectivity index (χ0) is 24.7. The second kappa shape index (κ2) is 12.3. The Labute approximate surface area is 236 Å². The van der Waals surface area contributed by atoms with Crippen molar-refractivity contribution in [1.29, 1.82) is 0 Å². The van der Waals surface area contributed by atoms with E-state index in [0.717, 1.165) is 44.7 Å². The van der Waals surface area contributed by atoms with E-state index in [0.29, 0.717) is 0 Å². The van der Waals surface area contributed by atoms with E-state index in [1.165, 1.54) is 22.3 Å². The average molecular weight is 688 g/mol. The van der Waals surface area contributed by atoms with Crippen LogP contribution >= 0.6 is 45.2 Å². The number of benzene rings is 4. The lowest BCUT2D eigenvalue weighted by atomic mass is 9.65. The van der Waals surface area contributed by atoms with E-state index < -0.39 is 5.41 Å². The molecule has 4 aromatic rings. The van der Waals surface area contributed by atoms with Crippen molar-refractivity contribution in [3.05, 3.63) is 126 Å². The van der Waals surface area contributed by atoms with E-state index in [4.69, 9.17) is 9.47 Å². The van der Waals surface area contributed by atoms with Crippen molar-refractivity contribution in [3.8, 4) is 11.5 Å². The van der Waals surface area contributed by atoms with Gasteiger partial charge in [0.15, 0.2) is 0 Å². The van der Waals surface area contributed by atoms with Crippen LogP contribution in [0.2, 0.25) is 0 Å². The highest BCUT2D eigenvalue weighted by Gasteiger charge is 2.39. The van der Waals surface area contributed by atoms with Crippen molar-refractivity contribution in [2.24, 2.45) is 0 Å². The van der Waals surface area contributed by atoms with Gasteiger partial charge in [0.05, 0.1) is 25.8 Å². The fraction of sp³-hybridized carbons (Fsp3) is 0.226. The Morgan fingerprint density at radius 2 is 0.943 bits per heavy atom. The summed E-state index contributed by atoms with van der Waals surface area (Å²) >= 11 is 4.81. The van der Waals surface area contributed by atoms with Gasteiger partial charge in [0.1, 0.15) is 11.5 Å². The van der Waals surface area contributed by atoms with E-state index in [2.05, 4.69) is 156 Å². The predicted octanol–water partition coefficient (Wildman–Crippen LogP) is 8.86. The Morgan fingerprint density at radius 3 is 1.29 bits per heavy atom. The van der Waals surface area contributed by atoms with Gasteiger partial charge in [-0.05, 0) is 105 Å². The molecule has 0 aliphatic rings. The third-order valence-corrected chi connectivity index (χ3v) is 7.75. The van der Waals surface area contributed by atoms with E-state index >= 15 is 0 Å². The van der Waals surface area contributed by atoms with Crippen molar-refractivity contribution in [2.45, 2.75) is 32.1 Å². The molecule has 0 heterocycles. The first-order chi connectivity index (χ1) is 17.1. The van der Waals surface area contributed by atoms with Crippen LogP contribution < -0.4 is 9.47 Å². The predicted molar refractivity (Wildman–Crippen MR) is 162 cm³/mol. The third-order valence-electron chi connectivity index (χ3n) is 6.07. The molecular weight excluding hydrogens is 658 g/mol. The number of hydrogen-bond donors (Lipinski definition) is 0. The highest BCUT2D eigenvalue weighted by atomic mass is 127. The first kappa shape index (κ1) is 26.0. The molecule has 0 fully saturated rings. The monoisotopic (exact) mass is 688 g/mol. The summed E-state index contributed by atoms with van der Waals surface area (Å²) in [5.41, 5.74) is 4.38. The zero-order valence-corrected chi connectivity index (χ0v) is 24.5. The largest absolute Gasteiger partial charge is 0.492 e. The van der Waals surface area contributed by atoms with Gasteiger partial charge >= 0.3 is 0 Å². The van der Waals surface area contributed by atoms with E-state index in [-0.39, 0.29) is 0 Å². The molecule has 0 saturated carbocycles. The Morgan fingerprint density at radius 1 is 0.543 bits per heavy atom. The Kier molecular flexibility index (Phi) is 9.11. The van der Waals surface area contributed by atoms with Gasteiger partial charge in [-0.25, -0.2) is 0 Å². The fourth-order valence-electron chi connectivity index (χ4n) is 4.50. The molecule has 0 saturated heterocycles. The molecule has 4 rings (SSSR count). The lowest BCUT2D eigenvalue weighted by Gasteiger charge is -2.37. The summed E-state index contributed by atoms with van der Waals surface area (Å²) in [7, 11) is 0. The molecular formula is C31H30I2O2. The van der Waals surface area contributed by atoms with Crippen LogP contribution in [0.1, 0.15) is 48.9 Å². The lowest BCUT2D eigenvalue weighted by molar-refractivity contribution is 0.315. The summed E-state index contributed by atoms with van der Waals surface area (Å²) in [6, 6.07) is 34.8. The highest BCUT2D eigenvalue weighted by Crippen LogP contribution is 2.47. The van der Waals surface area contributed by atoms with Gasteiger partial charge in [0.25, 0.3) is 0 Å².